The standard InChI is InChI=1S/C21H18N4O3S/c26-21(24-19-9-13-29(27,28)15-19)17-6-8-20(25-12-3-11-23-25)16(14-17)5-7-18-4-1-2-10-22-18/h1-4,6,8,10-12,14,19H,9,13,15H2,(H,24,26). The molecule has 1 unspecified atom stereocenters. The fraction of sp³-hybridized carbons (Fsp3) is 0.190. The zero-order valence-electron chi connectivity index (χ0n) is 15.4. The highest BCUT2D eigenvalue weighted by Gasteiger charge is 2.29. The third kappa shape index (κ3) is 4.52. The molecule has 3 aromatic rings. The quantitative estimate of drug-likeness (QED) is 0.667. The number of benzene rings is 1. The molecular formula is C21H18N4O3S. The number of carbonyl (C=O) groups excluding carboxylic acids is 1. The highest BCUT2D eigenvalue weighted by molar-refractivity contribution is 7.91. The fourth-order valence-corrected chi connectivity index (χ4v) is 4.81. The first kappa shape index (κ1) is 18.9. The molecule has 4 rings (SSSR count). The monoisotopic (exact) mass is 406 g/mol. The minimum atomic E-state index is -3.06. The van der Waals surface area contributed by atoms with Crippen molar-refractivity contribution >= 4 is 15.7 Å². The van der Waals surface area contributed by atoms with Crippen LogP contribution in [-0.2, 0) is 9.84 Å². The molecule has 0 radical (unpaired) electrons. The zero-order chi connectivity index (χ0) is 20.3. The summed E-state index contributed by atoms with van der Waals surface area (Å²) in [5, 5.41) is 7.05. The van der Waals surface area contributed by atoms with Crippen LogP contribution in [0, 0.1) is 11.8 Å². The first-order chi connectivity index (χ1) is 14.0. The van der Waals surface area contributed by atoms with Gasteiger partial charge in [-0.2, -0.15) is 5.10 Å². The lowest BCUT2D eigenvalue weighted by atomic mass is 10.1. The molecule has 8 heteroatoms. The van der Waals surface area contributed by atoms with E-state index in [0.29, 0.717) is 23.2 Å². The maximum atomic E-state index is 12.6. The van der Waals surface area contributed by atoms with Crippen molar-refractivity contribution in [3.05, 3.63) is 77.9 Å². The highest BCUT2D eigenvalue weighted by Crippen LogP contribution is 2.17. The summed E-state index contributed by atoms with van der Waals surface area (Å²) in [4.78, 5) is 16.8. The van der Waals surface area contributed by atoms with Crippen LogP contribution in [0.4, 0.5) is 0 Å². The molecule has 1 N–H and O–H groups in total. The van der Waals surface area contributed by atoms with Crippen molar-refractivity contribution in [3.63, 3.8) is 0 Å². The summed E-state index contributed by atoms with van der Waals surface area (Å²) in [6.45, 7) is 0. The number of carbonyl (C=O) groups is 1. The number of rotatable bonds is 3. The van der Waals surface area contributed by atoms with Crippen LogP contribution in [-0.4, -0.2) is 46.6 Å². The molecule has 2 aromatic heterocycles. The lowest BCUT2D eigenvalue weighted by Gasteiger charge is -2.12. The normalized spacial score (nSPS) is 17.3. The topological polar surface area (TPSA) is 94.0 Å². The van der Waals surface area contributed by atoms with E-state index in [1.165, 1.54) is 0 Å². The Morgan fingerprint density at radius 2 is 2.03 bits per heavy atom. The molecule has 1 aliphatic rings. The van der Waals surface area contributed by atoms with Crippen LogP contribution < -0.4 is 5.32 Å². The van der Waals surface area contributed by atoms with Crippen molar-refractivity contribution in [1.29, 1.82) is 0 Å². The van der Waals surface area contributed by atoms with Gasteiger partial charge < -0.3 is 5.32 Å². The molecular weight excluding hydrogens is 388 g/mol. The van der Waals surface area contributed by atoms with Crippen LogP contribution in [0.1, 0.15) is 28.0 Å². The Kier molecular flexibility index (Phi) is 5.14. The molecule has 1 aliphatic heterocycles. The number of hydrogen-bond acceptors (Lipinski definition) is 5. The number of sulfone groups is 1. The lowest BCUT2D eigenvalue weighted by Crippen LogP contribution is -2.35. The van der Waals surface area contributed by atoms with E-state index in [-0.39, 0.29) is 23.5 Å². The van der Waals surface area contributed by atoms with E-state index >= 15 is 0 Å². The zero-order valence-corrected chi connectivity index (χ0v) is 16.3. The second kappa shape index (κ2) is 7.89. The van der Waals surface area contributed by atoms with Crippen LogP contribution in [0.3, 0.4) is 0 Å². The molecule has 7 nitrogen and oxygen atoms in total. The summed E-state index contributed by atoms with van der Waals surface area (Å²) in [5.41, 5.74) is 2.38. The van der Waals surface area contributed by atoms with Gasteiger partial charge in [0.05, 0.1) is 22.8 Å². The van der Waals surface area contributed by atoms with Gasteiger partial charge in [0.15, 0.2) is 9.84 Å². The largest absolute Gasteiger partial charge is 0.348 e. The summed E-state index contributed by atoms with van der Waals surface area (Å²) in [6, 6.07) is 12.1. The van der Waals surface area contributed by atoms with E-state index < -0.39 is 9.84 Å². The second-order valence-electron chi connectivity index (χ2n) is 6.72. The van der Waals surface area contributed by atoms with E-state index in [1.807, 2.05) is 12.1 Å². The van der Waals surface area contributed by atoms with Gasteiger partial charge in [0.2, 0.25) is 0 Å². The SMILES string of the molecule is O=C(NC1CCS(=O)(=O)C1)c1ccc(-n2cccn2)c(C#Cc2ccccn2)c1. The summed E-state index contributed by atoms with van der Waals surface area (Å²) in [7, 11) is -3.06. The Hall–Kier alpha value is -3.44. The summed E-state index contributed by atoms with van der Waals surface area (Å²) < 4.78 is 24.9. The maximum absolute atomic E-state index is 12.6. The molecule has 1 fully saturated rings. The fourth-order valence-electron chi connectivity index (χ4n) is 3.13. The van der Waals surface area contributed by atoms with Crippen molar-refractivity contribution in [2.75, 3.05) is 11.5 Å². The third-order valence-electron chi connectivity index (χ3n) is 4.57. The predicted molar refractivity (Wildman–Crippen MR) is 108 cm³/mol. The first-order valence-corrected chi connectivity index (χ1v) is 10.9. The summed E-state index contributed by atoms with van der Waals surface area (Å²) >= 11 is 0. The lowest BCUT2D eigenvalue weighted by molar-refractivity contribution is 0.0941. The number of nitrogens with one attached hydrogen (secondary N) is 1. The Balaban J connectivity index is 1.64. The Labute approximate surface area is 168 Å². The molecule has 3 heterocycles. The summed E-state index contributed by atoms with van der Waals surface area (Å²) in [6.07, 6.45) is 5.56. The van der Waals surface area contributed by atoms with Gasteiger partial charge >= 0.3 is 0 Å². The van der Waals surface area contributed by atoms with E-state index in [1.54, 1.807) is 53.6 Å². The van der Waals surface area contributed by atoms with E-state index in [2.05, 4.69) is 27.2 Å². The van der Waals surface area contributed by atoms with Crippen molar-refractivity contribution in [1.82, 2.24) is 20.1 Å². The average Bonchev–Trinajstić information content (AvgIpc) is 3.36. The molecule has 0 bridgehead atoms. The number of aromatic nitrogens is 3. The minimum absolute atomic E-state index is 0.0174. The van der Waals surface area contributed by atoms with Gasteiger partial charge in [0, 0.05) is 30.2 Å². The van der Waals surface area contributed by atoms with Gasteiger partial charge in [-0.3, -0.25) is 4.79 Å². The maximum Gasteiger partial charge on any atom is 0.251 e. The van der Waals surface area contributed by atoms with Crippen molar-refractivity contribution in [2.45, 2.75) is 12.5 Å². The van der Waals surface area contributed by atoms with Gasteiger partial charge in [-0.15, -0.1) is 0 Å². The van der Waals surface area contributed by atoms with Gasteiger partial charge in [0.1, 0.15) is 5.69 Å². The Morgan fingerprint density at radius 3 is 2.72 bits per heavy atom. The van der Waals surface area contributed by atoms with E-state index in [0.717, 1.165) is 5.69 Å². The highest BCUT2D eigenvalue weighted by atomic mass is 32.2. The van der Waals surface area contributed by atoms with E-state index in [4.69, 9.17) is 0 Å². The molecule has 1 aromatic carbocycles. The van der Waals surface area contributed by atoms with E-state index in [9.17, 15) is 13.2 Å². The predicted octanol–water partition coefficient (Wildman–Crippen LogP) is 1.58. The molecule has 29 heavy (non-hydrogen) atoms. The van der Waals surface area contributed by atoms with Gasteiger partial charge in [0.25, 0.3) is 5.91 Å². The van der Waals surface area contributed by atoms with Gasteiger partial charge in [-0.1, -0.05) is 12.0 Å². The molecule has 0 spiro atoms. The average molecular weight is 406 g/mol. The molecule has 1 amide bonds. The molecule has 0 saturated carbocycles. The van der Waals surface area contributed by atoms with Crippen LogP contribution in [0.5, 0.6) is 0 Å². The van der Waals surface area contributed by atoms with Crippen LogP contribution in [0.2, 0.25) is 0 Å². The van der Waals surface area contributed by atoms with Crippen molar-refractivity contribution in [3.8, 4) is 17.5 Å². The Morgan fingerprint density at radius 1 is 1.14 bits per heavy atom. The van der Waals surface area contributed by atoms with Crippen molar-refractivity contribution < 1.29 is 13.2 Å². The van der Waals surface area contributed by atoms with Gasteiger partial charge in [-0.05, 0) is 48.7 Å². The molecule has 146 valence electrons. The minimum Gasteiger partial charge on any atom is -0.348 e. The first-order valence-electron chi connectivity index (χ1n) is 9.09. The van der Waals surface area contributed by atoms with Gasteiger partial charge in [-0.25, -0.2) is 18.1 Å². The molecule has 1 saturated heterocycles. The van der Waals surface area contributed by atoms with Crippen LogP contribution >= 0.6 is 0 Å². The third-order valence-corrected chi connectivity index (χ3v) is 6.34. The van der Waals surface area contributed by atoms with Crippen molar-refractivity contribution in [2.24, 2.45) is 0 Å². The molecule has 0 aliphatic carbocycles. The number of hydrogen-bond donors (Lipinski definition) is 1. The number of pyridine rings is 1. The number of nitrogens with zero attached hydrogens (tertiary/aromatic N) is 3. The molecule has 1 atom stereocenters. The van der Waals surface area contributed by atoms with Crippen LogP contribution in [0.25, 0.3) is 5.69 Å². The Bertz CT molecular complexity index is 1190. The summed E-state index contributed by atoms with van der Waals surface area (Å²) in [5.74, 6) is 5.84. The second-order valence-corrected chi connectivity index (χ2v) is 8.95. The smallest absolute Gasteiger partial charge is 0.251 e. The van der Waals surface area contributed by atoms with Crippen LogP contribution in [0.15, 0.2) is 61.1 Å². The number of amides is 1.